The van der Waals surface area contributed by atoms with E-state index in [2.05, 4.69) is 54.5 Å². The van der Waals surface area contributed by atoms with E-state index in [0.717, 1.165) is 25.2 Å². The topological polar surface area (TPSA) is 42.2 Å². The molecule has 1 unspecified atom stereocenters. The molecule has 0 amide bonds. The first-order valence-electron chi connectivity index (χ1n) is 7.19. The van der Waals surface area contributed by atoms with Gasteiger partial charge >= 0.3 is 0 Å². The Morgan fingerprint density at radius 1 is 1.30 bits per heavy atom. The quantitative estimate of drug-likeness (QED) is 0.850. The molecule has 0 fully saturated rings. The number of hydrogen-bond acceptors (Lipinski definition) is 4. The van der Waals surface area contributed by atoms with Gasteiger partial charge in [0.05, 0.1) is 10.7 Å². The van der Waals surface area contributed by atoms with E-state index in [1.807, 2.05) is 0 Å². The summed E-state index contributed by atoms with van der Waals surface area (Å²) in [7, 11) is 0. The van der Waals surface area contributed by atoms with E-state index < -0.39 is 0 Å². The molecule has 2 N–H and O–H groups in total. The van der Waals surface area contributed by atoms with Gasteiger partial charge in [-0.15, -0.1) is 11.3 Å². The van der Waals surface area contributed by atoms with Gasteiger partial charge in [0.15, 0.2) is 0 Å². The van der Waals surface area contributed by atoms with E-state index in [4.69, 9.17) is 10.7 Å². The van der Waals surface area contributed by atoms with Crippen molar-refractivity contribution in [3.05, 3.63) is 46.4 Å². The molecular formula is C16H23N3S. The minimum atomic E-state index is 0.437. The Morgan fingerprint density at radius 3 is 2.70 bits per heavy atom. The van der Waals surface area contributed by atoms with Gasteiger partial charge in [-0.25, -0.2) is 4.98 Å². The number of thiazole rings is 1. The van der Waals surface area contributed by atoms with Crippen LogP contribution in [0.25, 0.3) is 0 Å². The third-order valence-electron chi connectivity index (χ3n) is 3.39. The molecular weight excluding hydrogens is 266 g/mol. The Labute approximate surface area is 125 Å². The molecule has 3 nitrogen and oxygen atoms in total. The molecule has 2 aromatic rings. The predicted molar refractivity (Wildman–Crippen MR) is 87.6 cm³/mol. The van der Waals surface area contributed by atoms with Crippen molar-refractivity contribution in [1.29, 1.82) is 0 Å². The predicted octanol–water partition coefficient (Wildman–Crippen LogP) is 3.27. The smallest absolute Gasteiger partial charge is 0.0974 e. The SMILES string of the molecule is CCN(CC(C)c1nc(CCN)cs1)c1ccccc1. The van der Waals surface area contributed by atoms with Crippen LogP contribution in [0.2, 0.25) is 0 Å². The molecule has 0 bridgehead atoms. The number of hydrogen-bond donors (Lipinski definition) is 1. The molecule has 0 saturated carbocycles. The van der Waals surface area contributed by atoms with Crippen LogP contribution in [0.3, 0.4) is 0 Å². The molecule has 0 spiro atoms. The zero-order valence-electron chi connectivity index (χ0n) is 12.2. The first-order chi connectivity index (χ1) is 9.74. The summed E-state index contributed by atoms with van der Waals surface area (Å²) >= 11 is 1.75. The Hall–Kier alpha value is -1.39. The highest BCUT2D eigenvalue weighted by atomic mass is 32.1. The van der Waals surface area contributed by atoms with Gasteiger partial charge in [0.1, 0.15) is 0 Å². The zero-order chi connectivity index (χ0) is 14.4. The molecule has 1 aromatic heterocycles. The molecule has 0 radical (unpaired) electrons. The summed E-state index contributed by atoms with van der Waals surface area (Å²) in [5, 5.41) is 3.35. The highest BCUT2D eigenvalue weighted by Crippen LogP contribution is 2.23. The highest BCUT2D eigenvalue weighted by molar-refractivity contribution is 7.09. The Kier molecular flexibility index (Phi) is 5.56. The number of benzene rings is 1. The second-order valence-electron chi connectivity index (χ2n) is 4.99. The van der Waals surface area contributed by atoms with Crippen molar-refractivity contribution in [3.63, 3.8) is 0 Å². The molecule has 1 atom stereocenters. The van der Waals surface area contributed by atoms with E-state index in [1.165, 1.54) is 10.7 Å². The van der Waals surface area contributed by atoms with Crippen LogP contribution < -0.4 is 10.6 Å². The van der Waals surface area contributed by atoms with Crippen LogP contribution >= 0.6 is 11.3 Å². The van der Waals surface area contributed by atoms with E-state index in [1.54, 1.807) is 11.3 Å². The molecule has 0 aliphatic rings. The van der Waals surface area contributed by atoms with Crippen molar-refractivity contribution < 1.29 is 0 Å². The van der Waals surface area contributed by atoms with Crippen molar-refractivity contribution in [3.8, 4) is 0 Å². The maximum Gasteiger partial charge on any atom is 0.0974 e. The largest absolute Gasteiger partial charge is 0.371 e. The summed E-state index contributed by atoms with van der Waals surface area (Å²) in [5.41, 5.74) is 7.99. The van der Waals surface area contributed by atoms with Gasteiger partial charge in [-0.3, -0.25) is 0 Å². The number of rotatable bonds is 7. The number of nitrogens with two attached hydrogens (primary N) is 1. The number of nitrogens with zero attached hydrogens (tertiary/aromatic N) is 2. The number of anilines is 1. The molecule has 2 rings (SSSR count). The monoisotopic (exact) mass is 289 g/mol. The lowest BCUT2D eigenvalue weighted by atomic mass is 10.1. The molecule has 0 aliphatic heterocycles. The van der Waals surface area contributed by atoms with Crippen LogP contribution in [0.4, 0.5) is 5.69 Å². The summed E-state index contributed by atoms with van der Waals surface area (Å²) in [6.07, 6.45) is 0.874. The van der Waals surface area contributed by atoms with Gasteiger partial charge in [0.2, 0.25) is 0 Å². The van der Waals surface area contributed by atoms with Crippen LogP contribution in [0, 0.1) is 0 Å². The van der Waals surface area contributed by atoms with E-state index >= 15 is 0 Å². The highest BCUT2D eigenvalue weighted by Gasteiger charge is 2.14. The summed E-state index contributed by atoms with van der Waals surface area (Å²) in [4.78, 5) is 7.09. The minimum absolute atomic E-state index is 0.437. The fourth-order valence-corrected chi connectivity index (χ4v) is 3.18. The molecule has 20 heavy (non-hydrogen) atoms. The van der Waals surface area contributed by atoms with Crippen molar-refractivity contribution in [2.75, 3.05) is 24.5 Å². The van der Waals surface area contributed by atoms with Crippen LogP contribution in [0.15, 0.2) is 35.7 Å². The summed E-state index contributed by atoms with van der Waals surface area (Å²) in [5.74, 6) is 0.437. The number of para-hydroxylation sites is 1. The second kappa shape index (κ2) is 7.41. The average Bonchev–Trinajstić information content (AvgIpc) is 2.94. The summed E-state index contributed by atoms with van der Waals surface area (Å²) < 4.78 is 0. The van der Waals surface area contributed by atoms with Crippen molar-refractivity contribution >= 4 is 17.0 Å². The maximum atomic E-state index is 5.58. The maximum absolute atomic E-state index is 5.58. The molecule has 0 aliphatic carbocycles. The lowest BCUT2D eigenvalue weighted by Gasteiger charge is -2.25. The number of aromatic nitrogens is 1. The Balaban J connectivity index is 2.03. The standard InChI is InChI=1S/C16H23N3S/c1-3-19(15-7-5-4-6-8-15)11-13(2)16-18-14(9-10-17)12-20-16/h4-8,12-13H,3,9-11,17H2,1-2H3. The third-order valence-corrected chi connectivity index (χ3v) is 4.51. The molecule has 1 aromatic carbocycles. The van der Waals surface area contributed by atoms with Crippen LogP contribution in [-0.4, -0.2) is 24.6 Å². The van der Waals surface area contributed by atoms with E-state index in [9.17, 15) is 0 Å². The van der Waals surface area contributed by atoms with Crippen molar-refractivity contribution in [2.24, 2.45) is 5.73 Å². The molecule has 0 saturated heterocycles. The first-order valence-corrected chi connectivity index (χ1v) is 8.07. The summed E-state index contributed by atoms with van der Waals surface area (Å²) in [6, 6.07) is 10.6. The average molecular weight is 289 g/mol. The lowest BCUT2D eigenvalue weighted by Crippen LogP contribution is -2.27. The first kappa shape index (κ1) is 15.0. The van der Waals surface area contributed by atoms with Gasteiger partial charge in [0.25, 0.3) is 0 Å². The number of likely N-dealkylation sites (N-methyl/N-ethyl adjacent to an activating group) is 1. The lowest BCUT2D eigenvalue weighted by molar-refractivity contribution is 0.694. The van der Waals surface area contributed by atoms with Crippen LogP contribution in [0.5, 0.6) is 0 Å². The minimum Gasteiger partial charge on any atom is -0.371 e. The zero-order valence-corrected chi connectivity index (χ0v) is 13.1. The second-order valence-corrected chi connectivity index (χ2v) is 5.88. The van der Waals surface area contributed by atoms with E-state index in [-0.39, 0.29) is 0 Å². The molecule has 108 valence electrons. The fraction of sp³-hybridized carbons (Fsp3) is 0.438. The van der Waals surface area contributed by atoms with Crippen LogP contribution in [0.1, 0.15) is 30.5 Å². The van der Waals surface area contributed by atoms with Gasteiger partial charge < -0.3 is 10.6 Å². The normalized spacial score (nSPS) is 12.3. The van der Waals surface area contributed by atoms with Gasteiger partial charge in [0, 0.05) is 36.5 Å². The van der Waals surface area contributed by atoms with Crippen molar-refractivity contribution in [1.82, 2.24) is 4.98 Å². The third kappa shape index (κ3) is 3.81. The van der Waals surface area contributed by atoms with Gasteiger partial charge in [-0.05, 0) is 25.6 Å². The van der Waals surface area contributed by atoms with E-state index in [0.29, 0.717) is 12.5 Å². The summed E-state index contributed by atoms with van der Waals surface area (Å²) in [6.45, 7) is 7.12. The van der Waals surface area contributed by atoms with Gasteiger partial charge in [-0.2, -0.15) is 0 Å². The van der Waals surface area contributed by atoms with Crippen molar-refractivity contribution in [2.45, 2.75) is 26.2 Å². The Morgan fingerprint density at radius 2 is 2.05 bits per heavy atom. The fourth-order valence-electron chi connectivity index (χ4n) is 2.28. The molecule has 4 heteroatoms. The molecule has 1 heterocycles. The van der Waals surface area contributed by atoms with Gasteiger partial charge in [-0.1, -0.05) is 25.1 Å². The Bertz CT molecular complexity index is 509. The van der Waals surface area contributed by atoms with Crippen LogP contribution in [-0.2, 0) is 6.42 Å².